The number of fused-ring (bicyclic) bond motifs is 1. The molecule has 2 aromatic rings. The van der Waals surface area contributed by atoms with E-state index in [9.17, 15) is 0 Å². The second kappa shape index (κ2) is 6.58. The van der Waals surface area contributed by atoms with Crippen molar-refractivity contribution in [3.05, 3.63) is 29.0 Å². The zero-order valence-electron chi connectivity index (χ0n) is 12.5. The number of hydrogen-bond donors (Lipinski definition) is 0. The van der Waals surface area contributed by atoms with Gasteiger partial charge in [0.15, 0.2) is 0 Å². The van der Waals surface area contributed by atoms with Crippen molar-refractivity contribution in [2.75, 3.05) is 5.88 Å². The maximum atomic E-state index is 6.22. The van der Waals surface area contributed by atoms with Gasteiger partial charge in [-0.1, -0.05) is 37.8 Å². The molecule has 1 aliphatic carbocycles. The van der Waals surface area contributed by atoms with Crippen LogP contribution in [0.4, 0.5) is 0 Å². The normalized spacial score (nSPS) is 22.8. The number of nitrogens with zero attached hydrogens (tertiary/aromatic N) is 2. The summed E-state index contributed by atoms with van der Waals surface area (Å²) in [5.41, 5.74) is 2.22. The van der Waals surface area contributed by atoms with E-state index in [1.807, 2.05) is 12.1 Å². The molecule has 21 heavy (non-hydrogen) atoms. The molecule has 1 fully saturated rings. The van der Waals surface area contributed by atoms with Gasteiger partial charge in [0, 0.05) is 23.4 Å². The molecular weight excluding hydrogens is 303 g/mol. The summed E-state index contributed by atoms with van der Waals surface area (Å²) in [5.74, 6) is 2.47. The minimum absolute atomic E-state index is 0.547. The molecule has 2 unspecified atom stereocenters. The monoisotopic (exact) mass is 324 g/mol. The predicted molar refractivity (Wildman–Crippen MR) is 90.5 cm³/mol. The highest BCUT2D eigenvalue weighted by molar-refractivity contribution is 6.31. The Morgan fingerprint density at radius 3 is 2.86 bits per heavy atom. The van der Waals surface area contributed by atoms with E-state index >= 15 is 0 Å². The van der Waals surface area contributed by atoms with Crippen LogP contribution in [0, 0.1) is 5.92 Å². The number of aryl methyl sites for hydroxylation is 1. The van der Waals surface area contributed by atoms with E-state index in [0.29, 0.717) is 11.9 Å². The van der Waals surface area contributed by atoms with Gasteiger partial charge in [-0.05, 0) is 37.0 Å². The summed E-state index contributed by atoms with van der Waals surface area (Å²) in [6.45, 7) is 2.30. The van der Waals surface area contributed by atoms with Crippen molar-refractivity contribution in [3.63, 3.8) is 0 Å². The fourth-order valence-corrected chi connectivity index (χ4v) is 4.09. The molecular formula is C17H22Cl2N2. The molecule has 1 saturated carbocycles. The molecule has 4 heteroatoms. The van der Waals surface area contributed by atoms with E-state index in [0.717, 1.165) is 28.7 Å². The minimum Gasteiger partial charge on any atom is -0.325 e. The fraction of sp³-hybridized carbons (Fsp3) is 0.588. The Balaban J connectivity index is 2.13. The second-order valence-electron chi connectivity index (χ2n) is 5.99. The maximum Gasteiger partial charge on any atom is 0.111 e. The Bertz CT molecular complexity index is 621. The van der Waals surface area contributed by atoms with Crippen LogP contribution in [0.2, 0.25) is 5.02 Å². The molecule has 1 aromatic heterocycles. The van der Waals surface area contributed by atoms with Crippen molar-refractivity contribution in [1.82, 2.24) is 9.55 Å². The summed E-state index contributed by atoms with van der Waals surface area (Å²) in [7, 11) is 0. The lowest BCUT2D eigenvalue weighted by atomic mass is 9.82. The summed E-state index contributed by atoms with van der Waals surface area (Å²) >= 11 is 12.2. The summed E-state index contributed by atoms with van der Waals surface area (Å²) in [6.07, 6.45) is 7.27. The number of alkyl halides is 1. The molecule has 0 amide bonds. The van der Waals surface area contributed by atoms with Gasteiger partial charge in [-0.2, -0.15) is 0 Å². The van der Waals surface area contributed by atoms with Crippen molar-refractivity contribution in [3.8, 4) is 0 Å². The number of benzene rings is 1. The minimum atomic E-state index is 0.547. The zero-order valence-corrected chi connectivity index (χ0v) is 14.0. The Morgan fingerprint density at radius 2 is 2.10 bits per heavy atom. The number of rotatable bonds is 4. The number of imidazole rings is 1. The Kier molecular flexibility index (Phi) is 4.75. The van der Waals surface area contributed by atoms with Gasteiger partial charge in [-0.15, -0.1) is 11.6 Å². The number of halogens is 2. The van der Waals surface area contributed by atoms with Crippen molar-refractivity contribution in [1.29, 1.82) is 0 Å². The van der Waals surface area contributed by atoms with E-state index < -0.39 is 0 Å². The molecule has 0 N–H and O–H groups in total. The van der Waals surface area contributed by atoms with Crippen LogP contribution < -0.4 is 0 Å². The van der Waals surface area contributed by atoms with Crippen LogP contribution in [0.3, 0.4) is 0 Å². The largest absolute Gasteiger partial charge is 0.325 e. The molecule has 0 bridgehead atoms. The van der Waals surface area contributed by atoms with Gasteiger partial charge in [0.2, 0.25) is 0 Å². The summed E-state index contributed by atoms with van der Waals surface area (Å²) in [4.78, 5) is 4.81. The average Bonchev–Trinajstić information content (AvgIpc) is 2.84. The van der Waals surface area contributed by atoms with Crippen LogP contribution in [-0.2, 0) is 6.42 Å². The first kappa shape index (κ1) is 15.2. The van der Waals surface area contributed by atoms with Crippen molar-refractivity contribution in [2.24, 2.45) is 5.92 Å². The first-order valence-electron chi connectivity index (χ1n) is 7.97. The highest BCUT2D eigenvalue weighted by Gasteiger charge is 2.28. The lowest BCUT2D eigenvalue weighted by molar-refractivity contribution is 0.233. The van der Waals surface area contributed by atoms with E-state index in [1.54, 1.807) is 0 Å². The van der Waals surface area contributed by atoms with Crippen LogP contribution in [-0.4, -0.2) is 15.4 Å². The Labute approximate surface area is 136 Å². The molecule has 0 radical (unpaired) electrons. The van der Waals surface area contributed by atoms with E-state index in [2.05, 4.69) is 17.6 Å². The smallest absolute Gasteiger partial charge is 0.111 e. The Morgan fingerprint density at radius 1 is 1.29 bits per heavy atom. The first-order valence-corrected chi connectivity index (χ1v) is 8.88. The van der Waals surface area contributed by atoms with E-state index in [4.69, 9.17) is 28.2 Å². The molecule has 2 nitrogen and oxygen atoms in total. The van der Waals surface area contributed by atoms with Crippen LogP contribution in [0.5, 0.6) is 0 Å². The van der Waals surface area contributed by atoms with Crippen LogP contribution in [0.1, 0.15) is 50.9 Å². The lowest BCUT2D eigenvalue weighted by Gasteiger charge is -2.33. The summed E-state index contributed by atoms with van der Waals surface area (Å²) in [6, 6.07) is 6.55. The summed E-state index contributed by atoms with van der Waals surface area (Å²) in [5, 5.41) is 0.782. The van der Waals surface area contributed by atoms with Gasteiger partial charge >= 0.3 is 0 Å². The van der Waals surface area contributed by atoms with E-state index in [-0.39, 0.29) is 0 Å². The third-order valence-corrected chi connectivity index (χ3v) is 5.19. The highest BCUT2D eigenvalue weighted by atomic mass is 35.5. The van der Waals surface area contributed by atoms with Crippen LogP contribution in [0.25, 0.3) is 11.0 Å². The van der Waals surface area contributed by atoms with Gasteiger partial charge in [-0.3, -0.25) is 0 Å². The zero-order chi connectivity index (χ0) is 14.8. The van der Waals surface area contributed by atoms with Gasteiger partial charge in [0.25, 0.3) is 0 Å². The first-order chi connectivity index (χ1) is 10.2. The number of hydrogen-bond acceptors (Lipinski definition) is 1. The standard InChI is InChI=1S/C17H22Cl2N2/c1-2-12-5-3-4-6-15(12)21-16-11-13(19)7-8-14(16)20-17(21)9-10-18/h7-8,11-12,15H,2-6,9-10H2,1H3. The van der Waals surface area contributed by atoms with Gasteiger partial charge in [0.05, 0.1) is 11.0 Å². The second-order valence-corrected chi connectivity index (χ2v) is 6.80. The maximum absolute atomic E-state index is 6.22. The predicted octanol–water partition coefficient (Wildman–Crippen LogP) is 5.61. The SMILES string of the molecule is CCC1CCCCC1n1c(CCCl)nc2ccc(Cl)cc21. The van der Waals surface area contributed by atoms with Crippen molar-refractivity contribution >= 4 is 34.2 Å². The average molecular weight is 325 g/mol. The molecule has 0 spiro atoms. The quantitative estimate of drug-likeness (QED) is 0.668. The Hall–Kier alpha value is -0.730. The van der Waals surface area contributed by atoms with Crippen molar-refractivity contribution in [2.45, 2.75) is 51.5 Å². The third-order valence-electron chi connectivity index (χ3n) is 4.77. The molecule has 1 aromatic carbocycles. The van der Waals surface area contributed by atoms with Crippen LogP contribution in [0.15, 0.2) is 18.2 Å². The molecule has 1 heterocycles. The number of aromatic nitrogens is 2. The highest BCUT2D eigenvalue weighted by Crippen LogP contribution is 2.39. The van der Waals surface area contributed by atoms with Crippen molar-refractivity contribution < 1.29 is 0 Å². The fourth-order valence-electron chi connectivity index (χ4n) is 3.75. The molecule has 3 rings (SSSR count). The molecule has 1 aliphatic rings. The topological polar surface area (TPSA) is 17.8 Å². The summed E-state index contributed by atoms with van der Waals surface area (Å²) < 4.78 is 2.44. The third kappa shape index (κ3) is 2.93. The van der Waals surface area contributed by atoms with E-state index in [1.165, 1.54) is 37.6 Å². The van der Waals surface area contributed by atoms with Gasteiger partial charge in [-0.25, -0.2) is 4.98 Å². The van der Waals surface area contributed by atoms with Gasteiger partial charge < -0.3 is 4.57 Å². The molecule has 2 atom stereocenters. The van der Waals surface area contributed by atoms with Crippen LogP contribution >= 0.6 is 23.2 Å². The molecule has 114 valence electrons. The molecule has 0 saturated heterocycles. The lowest BCUT2D eigenvalue weighted by Crippen LogP contribution is -2.24. The molecule has 0 aliphatic heterocycles. The van der Waals surface area contributed by atoms with Gasteiger partial charge in [0.1, 0.15) is 5.82 Å².